The van der Waals surface area contributed by atoms with Gasteiger partial charge in [-0.05, 0) is 46.2 Å². The lowest BCUT2D eigenvalue weighted by atomic mass is 10.00. The van der Waals surface area contributed by atoms with E-state index < -0.39 is 0 Å². The Bertz CT molecular complexity index is 2830. The van der Waals surface area contributed by atoms with Gasteiger partial charge in [-0.1, -0.05) is 127 Å². The highest BCUT2D eigenvalue weighted by molar-refractivity contribution is 7.26. The lowest BCUT2D eigenvalue weighted by molar-refractivity contribution is 0.673. The second-order valence-electron chi connectivity index (χ2n) is 12.0. The summed E-state index contributed by atoms with van der Waals surface area (Å²) in [7, 11) is 0. The van der Waals surface area contributed by atoms with Crippen LogP contribution in [-0.2, 0) is 0 Å². The second-order valence-corrected chi connectivity index (χ2v) is 13.1. The fourth-order valence-electron chi connectivity index (χ4n) is 6.75. The average Bonchev–Trinajstić information content (AvgIpc) is 3.73. The molecule has 224 valence electrons. The van der Waals surface area contributed by atoms with E-state index in [1.807, 2.05) is 42.5 Å². The van der Waals surface area contributed by atoms with Crippen molar-refractivity contribution in [3.05, 3.63) is 152 Å². The Morgan fingerprint density at radius 3 is 1.90 bits per heavy atom. The van der Waals surface area contributed by atoms with Crippen LogP contribution in [0.15, 0.2) is 156 Å². The Morgan fingerprint density at radius 2 is 1.06 bits per heavy atom. The lowest BCUT2D eigenvalue weighted by Gasteiger charge is -2.10. The Labute approximate surface area is 279 Å². The fourth-order valence-corrected chi connectivity index (χ4v) is 7.96. The summed E-state index contributed by atoms with van der Waals surface area (Å²) in [6.45, 7) is 0. The van der Waals surface area contributed by atoms with E-state index in [1.54, 1.807) is 11.3 Å². The van der Waals surface area contributed by atoms with Crippen LogP contribution in [0.4, 0.5) is 0 Å². The van der Waals surface area contributed by atoms with Crippen molar-refractivity contribution < 1.29 is 4.42 Å². The number of hydrogen-bond donors (Lipinski definition) is 0. The maximum absolute atomic E-state index is 6.53. The molecule has 0 fully saturated rings. The normalized spacial score (nSPS) is 11.8. The number of rotatable bonds is 4. The van der Waals surface area contributed by atoms with E-state index in [2.05, 4.69) is 109 Å². The van der Waals surface area contributed by atoms with E-state index >= 15 is 0 Å². The highest BCUT2D eigenvalue weighted by Gasteiger charge is 2.22. The molecule has 0 aliphatic heterocycles. The molecule has 7 aromatic carbocycles. The molecule has 5 heteroatoms. The van der Waals surface area contributed by atoms with Gasteiger partial charge in [0.15, 0.2) is 17.5 Å². The largest absolute Gasteiger partial charge is 0.455 e. The van der Waals surface area contributed by atoms with Gasteiger partial charge in [0, 0.05) is 42.9 Å². The molecule has 48 heavy (non-hydrogen) atoms. The molecule has 10 rings (SSSR count). The first-order chi connectivity index (χ1) is 23.8. The van der Waals surface area contributed by atoms with Crippen molar-refractivity contribution in [1.82, 2.24) is 15.0 Å². The van der Waals surface area contributed by atoms with Gasteiger partial charge in [0.05, 0.1) is 4.70 Å². The Morgan fingerprint density at radius 1 is 0.438 bits per heavy atom. The zero-order chi connectivity index (χ0) is 31.6. The summed E-state index contributed by atoms with van der Waals surface area (Å²) in [6, 6.07) is 52.7. The first-order valence-electron chi connectivity index (χ1n) is 15.9. The van der Waals surface area contributed by atoms with E-state index in [0.29, 0.717) is 17.5 Å². The van der Waals surface area contributed by atoms with Crippen LogP contribution in [0.3, 0.4) is 0 Å². The molecule has 0 saturated carbocycles. The lowest BCUT2D eigenvalue weighted by Crippen LogP contribution is -2.00. The first kappa shape index (κ1) is 27.0. The van der Waals surface area contributed by atoms with Crippen LogP contribution in [0.5, 0.6) is 0 Å². The fraction of sp³-hybridized carbons (Fsp3) is 0. The molecule has 0 saturated heterocycles. The van der Waals surface area contributed by atoms with E-state index in [0.717, 1.165) is 54.3 Å². The summed E-state index contributed by atoms with van der Waals surface area (Å²) >= 11 is 1.75. The smallest absolute Gasteiger partial charge is 0.165 e. The molecular weight excluding hydrogens is 607 g/mol. The van der Waals surface area contributed by atoms with Crippen LogP contribution in [0.1, 0.15) is 0 Å². The van der Waals surface area contributed by atoms with Gasteiger partial charge in [0.1, 0.15) is 11.2 Å². The van der Waals surface area contributed by atoms with Crippen molar-refractivity contribution in [3.8, 4) is 45.3 Å². The number of benzene rings is 7. The molecule has 0 aliphatic rings. The standard InChI is InChI=1S/C43H25N3OS/c1-2-11-28(12-3-1)41-44-42(29-21-18-27(19-22-29)31-23-20-26-10-4-5-13-30(26)24-31)46-43(45-41)35-25-34-32-14-6-8-16-36(32)47-39(34)38-33-15-7-9-17-37(33)48-40(35)38/h1-25H. The second kappa shape index (κ2) is 10.7. The number of thiophene rings is 1. The van der Waals surface area contributed by atoms with Crippen LogP contribution in [0.25, 0.3) is 98.2 Å². The van der Waals surface area contributed by atoms with Crippen LogP contribution < -0.4 is 0 Å². The topological polar surface area (TPSA) is 51.8 Å². The quantitative estimate of drug-likeness (QED) is 0.194. The monoisotopic (exact) mass is 631 g/mol. The Hall–Kier alpha value is -6.17. The Balaban J connectivity index is 1.19. The predicted octanol–water partition coefficient (Wildman–Crippen LogP) is 12.0. The van der Waals surface area contributed by atoms with E-state index in [9.17, 15) is 0 Å². The van der Waals surface area contributed by atoms with Gasteiger partial charge in [0.2, 0.25) is 0 Å². The molecule has 3 aromatic heterocycles. The predicted molar refractivity (Wildman–Crippen MR) is 199 cm³/mol. The van der Waals surface area contributed by atoms with Crippen molar-refractivity contribution in [3.63, 3.8) is 0 Å². The molecule has 0 bridgehead atoms. The number of furan rings is 1. The van der Waals surface area contributed by atoms with Crippen LogP contribution >= 0.6 is 11.3 Å². The van der Waals surface area contributed by atoms with Gasteiger partial charge in [-0.25, -0.2) is 15.0 Å². The van der Waals surface area contributed by atoms with Gasteiger partial charge in [-0.2, -0.15) is 0 Å². The van der Waals surface area contributed by atoms with Crippen molar-refractivity contribution in [2.24, 2.45) is 0 Å². The number of para-hydroxylation sites is 1. The van der Waals surface area contributed by atoms with E-state index in [-0.39, 0.29) is 0 Å². The van der Waals surface area contributed by atoms with Crippen molar-refractivity contribution in [2.45, 2.75) is 0 Å². The molecule has 0 N–H and O–H groups in total. The molecule has 0 radical (unpaired) electrons. The SMILES string of the molecule is c1ccc(-c2nc(-c3ccc(-c4ccc5ccccc5c4)cc3)nc(-c3cc4c5ccccc5oc4c4c3sc3ccccc34)n2)cc1. The third kappa shape index (κ3) is 4.33. The first-order valence-corrected chi connectivity index (χ1v) is 16.8. The van der Waals surface area contributed by atoms with Gasteiger partial charge in [-0.15, -0.1) is 11.3 Å². The molecule has 0 aliphatic carbocycles. The van der Waals surface area contributed by atoms with Crippen LogP contribution in [0.2, 0.25) is 0 Å². The molecule has 0 unspecified atom stereocenters. The number of aromatic nitrogens is 3. The summed E-state index contributed by atoms with van der Waals surface area (Å²) < 4.78 is 8.83. The molecule has 0 amide bonds. The molecular formula is C43H25N3OS. The number of nitrogens with zero attached hydrogens (tertiary/aromatic N) is 3. The minimum atomic E-state index is 0.635. The minimum Gasteiger partial charge on any atom is -0.455 e. The molecule has 4 nitrogen and oxygen atoms in total. The zero-order valence-corrected chi connectivity index (χ0v) is 26.4. The highest BCUT2D eigenvalue weighted by Crippen LogP contribution is 2.46. The summed E-state index contributed by atoms with van der Waals surface area (Å²) in [5.41, 5.74) is 6.93. The summed E-state index contributed by atoms with van der Waals surface area (Å²) in [5, 5.41) is 6.86. The van der Waals surface area contributed by atoms with Crippen molar-refractivity contribution in [1.29, 1.82) is 0 Å². The number of fused-ring (bicyclic) bond motifs is 8. The third-order valence-corrected chi connectivity index (χ3v) is 10.3. The summed E-state index contributed by atoms with van der Waals surface area (Å²) in [6.07, 6.45) is 0. The van der Waals surface area contributed by atoms with Crippen LogP contribution in [-0.4, -0.2) is 15.0 Å². The van der Waals surface area contributed by atoms with Crippen LogP contribution in [0, 0.1) is 0 Å². The molecule has 3 heterocycles. The van der Waals surface area contributed by atoms with Crippen molar-refractivity contribution >= 4 is 64.2 Å². The highest BCUT2D eigenvalue weighted by atomic mass is 32.1. The average molecular weight is 632 g/mol. The zero-order valence-electron chi connectivity index (χ0n) is 25.6. The molecule has 0 atom stereocenters. The van der Waals surface area contributed by atoms with Gasteiger partial charge in [0.25, 0.3) is 0 Å². The van der Waals surface area contributed by atoms with Gasteiger partial charge in [-0.3, -0.25) is 0 Å². The maximum atomic E-state index is 6.53. The van der Waals surface area contributed by atoms with Crippen molar-refractivity contribution in [2.75, 3.05) is 0 Å². The van der Waals surface area contributed by atoms with E-state index in [4.69, 9.17) is 19.4 Å². The number of hydrogen-bond acceptors (Lipinski definition) is 5. The molecule has 0 spiro atoms. The minimum absolute atomic E-state index is 0.635. The van der Waals surface area contributed by atoms with Gasteiger partial charge < -0.3 is 4.42 Å². The van der Waals surface area contributed by atoms with Gasteiger partial charge >= 0.3 is 0 Å². The summed E-state index contributed by atoms with van der Waals surface area (Å²) in [5.74, 6) is 1.91. The maximum Gasteiger partial charge on any atom is 0.165 e. The molecule has 10 aromatic rings. The third-order valence-electron chi connectivity index (χ3n) is 9.12. The summed E-state index contributed by atoms with van der Waals surface area (Å²) in [4.78, 5) is 15.4. The Kier molecular flexibility index (Phi) is 6.01. The van der Waals surface area contributed by atoms with E-state index in [1.165, 1.54) is 26.4 Å².